The van der Waals surface area contributed by atoms with Gasteiger partial charge in [-0.1, -0.05) is 13.0 Å². The van der Waals surface area contributed by atoms with E-state index in [0.717, 1.165) is 12.0 Å². The maximum absolute atomic E-state index is 11.7. The van der Waals surface area contributed by atoms with Crippen molar-refractivity contribution in [2.75, 3.05) is 6.54 Å². The smallest absolute Gasteiger partial charge is 0.270 e. The summed E-state index contributed by atoms with van der Waals surface area (Å²) in [4.78, 5) is 15.7. The molecule has 0 fully saturated rings. The quantitative estimate of drug-likeness (QED) is 0.800. The molecule has 0 aliphatic rings. The van der Waals surface area contributed by atoms with Gasteiger partial charge in [0, 0.05) is 12.7 Å². The predicted molar refractivity (Wildman–Crippen MR) is 61.2 cm³/mol. The molecule has 0 bridgehead atoms. The first kappa shape index (κ1) is 12.0. The maximum Gasteiger partial charge on any atom is 0.270 e. The Morgan fingerprint density at radius 3 is 3.00 bits per heavy atom. The number of carbonyl (C=O) groups is 1. The van der Waals surface area contributed by atoms with Crippen molar-refractivity contribution in [2.24, 2.45) is 0 Å². The molecule has 82 valence electrons. The molecule has 0 aliphatic heterocycles. The number of aryl methyl sites for hydroxylation is 1. The minimum Gasteiger partial charge on any atom is -0.349 e. The minimum atomic E-state index is -0.160. The Bertz CT molecular complexity index is 341. The van der Waals surface area contributed by atoms with Crippen LogP contribution < -0.4 is 5.32 Å². The Balaban J connectivity index is 2.58. The van der Waals surface area contributed by atoms with Gasteiger partial charge >= 0.3 is 0 Å². The number of hydrogen-bond acceptors (Lipinski definition) is 2. The normalized spacial score (nSPS) is 12.2. The lowest BCUT2D eigenvalue weighted by Crippen LogP contribution is -2.30. The first-order valence-corrected chi connectivity index (χ1v) is 5.42. The van der Waals surface area contributed by atoms with E-state index in [0.29, 0.717) is 12.2 Å². The summed E-state index contributed by atoms with van der Waals surface area (Å²) in [5, 5.41) is 2.74. The van der Waals surface area contributed by atoms with Crippen LogP contribution in [0.3, 0.4) is 0 Å². The molecule has 0 radical (unpaired) electrons. The van der Waals surface area contributed by atoms with E-state index in [-0.39, 0.29) is 11.3 Å². The first-order valence-electron chi connectivity index (χ1n) is 4.99. The van der Waals surface area contributed by atoms with Crippen LogP contribution in [-0.4, -0.2) is 22.8 Å². The number of pyridine rings is 1. The Kier molecular flexibility index (Phi) is 4.56. The van der Waals surface area contributed by atoms with Crippen molar-refractivity contribution >= 4 is 17.5 Å². The highest BCUT2D eigenvalue weighted by molar-refractivity contribution is 6.20. The van der Waals surface area contributed by atoms with Gasteiger partial charge in [-0.05, 0) is 25.0 Å². The molecular weight excluding hydrogens is 212 g/mol. The monoisotopic (exact) mass is 226 g/mol. The van der Waals surface area contributed by atoms with E-state index in [9.17, 15) is 4.79 Å². The number of nitrogens with one attached hydrogen (secondary N) is 1. The van der Waals surface area contributed by atoms with Crippen LogP contribution in [-0.2, 0) is 0 Å². The Hall–Kier alpha value is -1.09. The molecule has 0 aliphatic carbocycles. The lowest BCUT2D eigenvalue weighted by atomic mass is 10.2. The fourth-order valence-electron chi connectivity index (χ4n) is 1.15. The summed E-state index contributed by atoms with van der Waals surface area (Å²) in [7, 11) is 0. The molecule has 0 saturated heterocycles. The maximum atomic E-state index is 11.7. The summed E-state index contributed by atoms with van der Waals surface area (Å²) in [5.41, 5.74) is 1.34. The number of halogens is 1. The number of nitrogens with zero attached hydrogens (tertiary/aromatic N) is 1. The third-order valence-corrected chi connectivity index (χ3v) is 2.61. The fourth-order valence-corrected chi connectivity index (χ4v) is 1.23. The second-order valence-electron chi connectivity index (χ2n) is 3.38. The predicted octanol–water partition coefficient (Wildman–Crippen LogP) is 2.14. The van der Waals surface area contributed by atoms with E-state index in [2.05, 4.69) is 10.3 Å². The van der Waals surface area contributed by atoms with Crippen LogP contribution >= 0.6 is 11.6 Å². The summed E-state index contributed by atoms with van der Waals surface area (Å²) in [6.45, 7) is 4.32. The third kappa shape index (κ3) is 3.51. The molecule has 1 N–H and O–H groups in total. The molecule has 1 amide bonds. The first-order chi connectivity index (χ1) is 7.15. The summed E-state index contributed by atoms with van der Waals surface area (Å²) >= 11 is 5.90. The van der Waals surface area contributed by atoms with Crippen molar-refractivity contribution in [1.29, 1.82) is 0 Å². The fraction of sp³-hybridized carbons (Fsp3) is 0.455. The summed E-state index contributed by atoms with van der Waals surface area (Å²) in [5.74, 6) is -0.160. The second-order valence-corrected chi connectivity index (χ2v) is 4.00. The molecule has 1 rings (SSSR count). The van der Waals surface area contributed by atoms with Gasteiger partial charge in [0.1, 0.15) is 5.69 Å². The van der Waals surface area contributed by atoms with Gasteiger partial charge in [0.15, 0.2) is 0 Å². The molecule has 0 aromatic carbocycles. The molecule has 4 heteroatoms. The Morgan fingerprint density at radius 1 is 1.67 bits per heavy atom. The average molecular weight is 227 g/mol. The van der Waals surface area contributed by atoms with Gasteiger partial charge < -0.3 is 5.32 Å². The molecule has 1 atom stereocenters. The van der Waals surface area contributed by atoms with Crippen molar-refractivity contribution in [1.82, 2.24) is 10.3 Å². The second kappa shape index (κ2) is 5.71. The van der Waals surface area contributed by atoms with Crippen LogP contribution in [0.4, 0.5) is 0 Å². The van der Waals surface area contributed by atoms with Gasteiger partial charge in [0.25, 0.3) is 5.91 Å². The number of hydrogen-bond donors (Lipinski definition) is 1. The third-order valence-electron chi connectivity index (χ3n) is 2.15. The molecule has 15 heavy (non-hydrogen) atoms. The van der Waals surface area contributed by atoms with Crippen LogP contribution in [0.1, 0.15) is 29.4 Å². The zero-order chi connectivity index (χ0) is 11.3. The van der Waals surface area contributed by atoms with E-state index >= 15 is 0 Å². The topological polar surface area (TPSA) is 42.0 Å². The molecule has 1 aromatic rings. The van der Waals surface area contributed by atoms with Crippen molar-refractivity contribution < 1.29 is 4.79 Å². The largest absolute Gasteiger partial charge is 0.349 e. The van der Waals surface area contributed by atoms with Crippen LogP contribution in [0.5, 0.6) is 0 Å². The van der Waals surface area contributed by atoms with E-state index in [1.54, 1.807) is 6.20 Å². The number of carbonyl (C=O) groups excluding carboxylic acids is 1. The minimum absolute atomic E-state index is 0.0158. The van der Waals surface area contributed by atoms with Crippen molar-refractivity contribution in [3.05, 3.63) is 29.6 Å². The summed E-state index contributed by atoms with van der Waals surface area (Å²) < 4.78 is 0. The lowest BCUT2D eigenvalue weighted by Gasteiger charge is -2.09. The van der Waals surface area contributed by atoms with Crippen LogP contribution in [0.15, 0.2) is 18.3 Å². The SMILES string of the molecule is CCC(Cl)CNC(=O)c1ncccc1C. The van der Waals surface area contributed by atoms with Gasteiger partial charge in [-0.15, -0.1) is 11.6 Å². The Morgan fingerprint density at radius 2 is 2.40 bits per heavy atom. The highest BCUT2D eigenvalue weighted by Crippen LogP contribution is 2.04. The van der Waals surface area contributed by atoms with E-state index in [4.69, 9.17) is 11.6 Å². The average Bonchev–Trinajstić information content (AvgIpc) is 2.26. The molecule has 3 nitrogen and oxygen atoms in total. The molecule has 0 spiro atoms. The van der Waals surface area contributed by atoms with E-state index in [1.165, 1.54) is 0 Å². The highest BCUT2D eigenvalue weighted by atomic mass is 35.5. The zero-order valence-corrected chi connectivity index (χ0v) is 9.71. The van der Waals surface area contributed by atoms with Crippen LogP contribution in [0.25, 0.3) is 0 Å². The van der Waals surface area contributed by atoms with Gasteiger partial charge in [-0.2, -0.15) is 0 Å². The molecule has 0 saturated carbocycles. The zero-order valence-electron chi connectivity index (χ0n) is 8.96. The van der Waals surface area contributed by atoms with E-state index < -0.39 is 0 Å². The van der Waals surface area contributed by atoms with Gasteiger partial charge in [-0.3, -0.25) is 9.78 Å². The number of aromatic nitrogens is 1. The van der Waals surface area contributed by atoms with Gasteiger partial charge in [0.05, 0.1) is 5.38 Å². The van der Waals surface area contributed by atoms with Crippen molar-refractivity contribution in [3.8, 4) is 0 Å². The van der Waals surface area contributed by atoms with Crippen molar-refractivity contribution in [2.45, 2.75) is 25.6 Å². The van der Waals surface area contributed by atoms with Crippen LogP contribution in [0, 0.1) is 6.92 Å². The molecule has 1 unspecified atom stereocenters. The molecular formula is C11H15ClN2O. The Labute approximate surface area is 94.9 Å². The molecule has 1 heterocycles. The molecule has 1 aromatic heterocycles. The van der Waals surface area contributed by atoms with Crippen LogP contribution in [0.2, 0.25) is 0 Å². The standard InChI is InChI=1S/C11H15ClN2O/c1-3-9(12)7-14-11(15)10-8(2)5-4-6-13-10/h4-6,9H,3,7H2,1-2H3,(H,14,15). The summed E-state index contributed by atoms with van der Waals surface area (Å²) in [6.07, 6.45) is 2.45. The number of alkyl halides is 1. The van der Waals surface area contributed by atoms with Gasteiger partial charge in [-0.25, -0.2) is 0 Å². The number of rotatable bonds is 4. The lowest BCUT2D eigenvalue weighted by molar-refractivity contribution is 0.0948. The number of amides is 1. The van der Waals surface area contributed by atoms with E-state index in [1.807, 2.05) is 26.0 Å². The summed E-state index contributed by atoms with van der Waals surface area (Å²) in [6, 6.07) is 3.67. The highest BCUT2D eigenvalue weighted by Gasteiger charge is 2.10. The van der Waals surface area contributed by atoms with Gasteiger partial charge in [0.2, 0.25) is 0 Å². The van der Waals surface area contributed by atoms with Crippen molar-refractivity contribution in [3.63, 3.8) is 0 Å².